The first-order chi connectivity index (χ1) is 8.89. The molecule has 3 N–H and O–H groups in total. The second kappa shape index (κ2) is 5.67. The minimum absolute atomic E-state index is 0.243. The summed E-state index contributed by atoms with van der Waals surface area (Å²) in [4.78, 5) is 13.3. The van der Waals surface area contributed by atoms with Crippen molar-refractivity contribution in [3.05, 3.63) is 33.8 Å². The highest BCUT2D eigenvalue weighted by Gasteiger charge is 2.38. The van der Waals surface area contributed by atoms with Crippen molar-refractivity contribution in [3.8, 4) is 0 Å². The minimum Gasteiger partial charge on any atom is -0.379 e. The quantitative estimate of drug-likeness (QED) is 0.895. The van der Waals surface area contributed by atoms with Crippen molar-refractivity contribution < 1.29 is 9.90 Å². The number of benzene rings is 1. The maximum Gasteiger partial charge on any atom is 0.250 e. The van der Waals surface area contributed by atoms with E-state index < -0.39 is 11.5 Å². The SMILES string of the molecule is NC(=O)C1(O)CCCN(Cc2cc(Cl)cc(Cl)c2)C1. The number of nitrogens with two attached hydrogens (primary N) is 1. The molecule has 0 aromatic heterocycles. The average Bonchev–Trinajstić information content (AvgIpc) is 2.27. The molecule has 2 rings (SSSR count). The molecule has 1 unspecified atom stereocenters. The van der Waals surface area contributed by atoms with E-state index in [0.717, 1.165) is 18.5 Å². The number of aliphatic hydroxyl groups is 1. The number of hydrogen-bond donors (Lipinski definition) is 2. The minimum atomic E-state index is -1.43. The van der Waals surface area contributed by atoms with Gasteiger partial charge in [0.1, 0.15) is 0 Å². The van der Waals surface area contributed by atoms with Gasteiger partial charge in [-0.25, -0.2) is 0 Å². The van der Waals surface area contributed by atoms with Crippen molar-refractivity contribution in [2.24, 2.45) is 5.73 Å². The lowest BCUT2D eigenvalue weighted by atomic mass is 9.92. The van der Waals surface area contributed by atoms with Crippen molar-refractivity contribution in [3.63, 3.8) is 0 Å². The zero-order valence-electron chi connectivity index (χ0n) is 10.4. The van der Waals surface area contributed by atoms with Crippen LogP contribution in [0.5, 0.6) is 0 Å². The Bertz CT molecular complexity index is 475. The van der Waals surface area contributed by atoms with Gasteiger partial charge in [0, 0.05) is 23.1 Å². The Morgan fingerprint density at radius 3 is 2.58 bits per heavy atom. The van der Waals surface area contributed by atoms with E-state index in [0.29, 0.717) is 23.0 Å². The maximum atomic E-state index is 11.3. The molecule has 0 saturated carbocycles. The molecule has 19 heavy (non-hydrogen) atoms. The van der Waals surface area contributed by atoms with Gasteiger partial charge in [-0.05, 0) is 43.1 Å². The van der Waals surface area contributed by atoms with Gasteiger partial charge in [0.2, 0.25) is 0 Å². The summed E-state index contributed by atoms with van der Waals surface area (Å²) in [6.07, 6.45) is 1.14. The van der Waals surface area contributed by atoms with Crippen LogP contribution in [0.25, 0.3) is 0 Å². The first kappa shape index (κ1) is 14.6. The van der Waals surface area contributed by atoms with E-state index >= 15 is 0 Å². The van der Waals surface area contributed by atoms with Gasteiger partial charge >= 0.3 is 0 Å². The summed E-state index contributed by atoms with van der Waals surface area (Å²) in [6, 6.07) is 5.32. The molecular formula is C13H16Cl2N2O2. The Labute approximate surface area is 122 Å². The molecule has 0 radical (unpaired) electrons. The Kier molecular flexibility index (Phi) is 4.36. The van der Waals surface area contributed by atoms with E-state index in [4.69, 9.17) is 28.9 Å². The second-order valence-corrected chi connectivity index (χ2v) is 5.86. The molecule has 1 aromatic rings. The van der Waals surface area contributed by atoms with E-state index in [1.165, 1.54) is 0 Å². The fourth-order valence-corrected chi connectivity index (χ4v) is 2.99. The number of piperidine rings is 1. The highest BCUT2D eigenvalue weighted by atomic mass is 35.5. The van der Waals surface area contributed by atoms with E-state index in [-0.39, 0.29) is 6.54 Å². The molecule has 1 atom stereocenters. The molecule has 0 aliphatic carbocycles. The fraction of sp³-hybridized carbons (Fsp3) is 0.462. The van der Waals surface area contributed by atoms with E-state index in [1.54, 1.807) is 6.07 Å². The van der Waals surface area contributed by atoms with Gasteiger partial charge in [-0.1, -0.05) is 23.2 Å². The lowest BCUT2D eigenvalue weighted by Gasteiger charge is -2.37. The van der Waals surface area contributed by atoms with E-state index in [1.807, 2.05) is 17.0 Å². The van der Waals surface area contributed by atoms with Gasteiger partial charge in [-0.15, -0.1) is 0 Å². The highest BCUT2D eigenvalue weighted by Crippen LogP contribution is 2.24. The maximum absolute atomic E-state index is 11.3. The molecule has 6 heteroatoms. The van der Waals surface area contributed by atoms with Gasteiger partial charge in [0.15, 0.2) is 5.60 Å². The van der Waals surface area contributed by atoms with Gasteiger partial charge < -0.3 is 10.8 Å². The number of halogens is 2. The first-order valence-electron chi connectivity index (χ1n) is 6.09. The number of β-amino-alcohol motifs (C(OH)–C–C–N with tert-alkyl or cyclic N) is 1. The van der Waals surface area contributed by atoms with Crippen molar-refractivity contribution >= 4 is 29.1 Å². The molecule has 1 fully saturated rings. The molecule has 1 amide bonds. The van der Waals surface area contributed by atoms with E-state index in [9.17, 15) is 9.90 Å². The van der Waals surface area contributed by atoms with Crippen LogP contribution in [0.1, 0.15) is 18.4 Å². The Hall–Kier alpha value is -0.810. The van der Waals surface area contributed by atoms with Gasteiger partial charge in [-0.2, -0.15) is 0 Å². The molecule has 1 aliphatic heterocycles. The number of amides is 1. The van der Waals surface area contributed by atoms with Crippen LogP contribution in [0.3, 0.4) is 0 Å². The van der Waals surface area contributed by atoms with Crippen LogP contribution in [0.4, 0.5) is 0 Å². The standard InChI is InChI=1S/C13H16Cl2N2O2/c14-10-4-9(5-11(15)6-10)7-17-3-1-2-13(19,8-17)12(16)18/h4-6,19H,1-3,7-8H2,(H2,16,18). The Balaban J connectivity index is 2.08. The fourth-order valence-electron chi connectivity index (χ4n) is 2.42. The normalized spacial score (nSPS) is 24.4. The molecule has 0 spiro atoms. The Morgan fingerprint density at radius 1 is 1.37 bits per heavy atom. The third-order valence-corrected chi connectivity index (χ3v) is 3.77. The van der Waals surface area contributed by atoms with Crippen molar-refractivity contribution in [2.75, 3.05) is 13.1 Å². The summed E-state index contributed by atoms with van der Waals surface area (Å²) in [5.41, 5.74) is 4.77. The molecule has 104 valence electrons. The molecule has 0 bridgehead atoms. The van der Waals surface area contributed by atoms with Crippen LogP contribution in [0.2, 0.25) is 10.0 Å². The summed E-state index contributed by atoms with van der Waals surface area (Å²) >= 11 is 11.9. The lowest BCUT2D eigenvalue weighted by Crippen LogP contribution is -2.55. The monoisotopic (exact) mass is 302 g/mol. The van der Waals surface area contributed by atoms with Crippen LogP contribution < -0.4 is 5.73 Å². The summed E-state index contributed by atoms with van der Waals surface area (Å²) in [5, 5.41) is 11.3. The third-order valence-electron chi connectivity index (χ3n) is 3.34. The zero-order chi connectivity index (χ0) is 14.0. The first-order valence-corrected chi connectivity index (χ1v) is 6.84. The topological polar surface area (TPSA) is 66.6 Å². The summed E-state index contributed by atoms with van der Waals surface area (Å²) in [5.74, 6) is -0.665. The molecule has 1 aromatic carbocycles. The number of likely N-dealkylation sites (tertiary alicyclic amines) is 1. The summed E-state index contributed by atoms with van der Waals surface area (Å²) in [7, 11) is 0. The van der Waals surface area contributed by atoms with Crippen LogP contribution >= 0.6 is 23.2 Å². The molecular weight excluding hydrogens is 287 g/mol. The van der Waals surface area contributed by atoms with Crippen LogP contribution in [-0.2, 0) is 11.3 Å². The number of nitrogens with zero attached hydrogens (tertiary/aromatic N) is 1. The number of hydrogen-bond acceptors (Lipinski definition) is 3. The third kappa shape index (κ3) is 3.60. The number of carbonyl (C=O) groups is 1. The Morgan fingerprint density at radius 2 is 2.00 bits per heavy atom. The average molecular weight is 303 g/mol. The number of rotatable bonds is 3. The summed E-state index contributed by atoms with van der Waals surface area (Å²) < 4.78 is 0. The molecule has 1 aliphatic rings. The van der Waals surface area contributed by atoms with Gasteiger partial charge in [0.05, 0.1) is 0 Å². The number of carbonyl (C=O) groups excluding carboxylic acids is 1. The molecule has 1 heterocycles. The van der Waals surface area contributed by atoms with Gasteiger partial charge in [-0.3, -0.25) is 9.69 Å². The van der Waals surface area contributed by atoms with Crippen LogP contribution in [-0.4, -0.2) is 34.6 Å². The zero-order valence-corrected chi connectivity index (χ0v) is 11.9. The van der Waals surface area contributed by atoms with Crippen LogP contribution in [0, 0.1) is 0 Å². The second-order valence-electron chi connectivity index (χ2n) is 4.99. The van der Waals surface area contributed by atoms with E-state index in [2.05, 4.69) is 0 Å². The van der Waals surface area contributed by atoms with Crippen LogP contribution in [0.15, 0.2) is 18.2 Å². The summed E-state index contributed by atoms with van der Waals surface area (Å²) in [6.45, 7) is 1.63. The number of primary amides is 1. The smallest absolute Gasteiger partial charge is 0.250 e. The largest absolute Gasteiger partial charge is 0.379 e. The van der Waals surface area contributed by atoms with Gasteiger partial charge in [0.25, 0.3) is 5.91 Å². The highest BCUT2D eigenvalue weighted by molar-refractivity contribution is 6.34. The van der Waals surface area contributed by atoms with Crippen molar-refractivity contribution in [1.82, 2.24) is 4.90 Å². The van der Waals surface area contributed by atoms with Crippen molar-refractivity contribution in [2.45, 2.75) is 25.0 Å². The molecule has 1 saturated heterocycles. The predicted octanol–water partition coefficient (Wildman–Crippen LogP) is 1.81. The predicted molar refractivity (Wildman–Crippen MR) is 75.1 cm³/mol. The van der Waals surface area contributed by atoms with Crippen molar-refractivity contribution in [1.29, 1.82) is 0 Å². The lowest BCUT2D eigenvalue weighted by molar-refractivity contribution is -0.142. The molecule has 4 nitrogen and oxygen atoms in total.